The smallest absolute Gasteiger partial charge is 0.415 e. The van der Waals surface area contributed by atoms with Crippen LogP contribution < -0.4 is 0 Å². The molecule has 2 aliphatic heterocycles. The zero-order valence-corrected chi connectivity index (χ0v) is 13.3. The molecule has 2 bridgehead atoms. The molecule has 0 N–H and O–H groups in total. The molecule has 1 aromatic rings. The van der Waals surface area contributed by atoms with E-state index in [1.165, 1.54) is 6.26 Å². The van der Waals surface area contributed by atoms with Gasteiger partial charge in [0.05, 0.1) is 12.3 Å². The summed E-state index contributed by atoms with van der Waals surface area (Å²) in [6, 6.07) is 4.28. The Balaban J connectivity index is 1.98. The topological polar surface area (TPSA) is 42.4 Å². The highest BCUT2D eigenvalue weighted by molar-refractivity contribution is 9.10. The van der Waals surface area contributed by atoms with Gasteiger partial charge in [-0.2, -0.15) is 0 Å². The molecule has 3 rings (SSSR count). The van der Waals surface area contributed by atoms with E-state index < -0.39 is 0 Å². The molecule has 4 nitrogen and oxygen atoms in total. The number of fused-ring (bicyclic) bond motifs is 2. The normalized spacial score (nSPS) is 24.2. The number of allylic oxidation sites excluding steroid dienone is 1. The number of amides is 1. The fourth-order valence-corrected chi connectivity index (χ4v) is 3.82. The number of halogens is 1. The second-order valence-electron chi connectivity index (χ2n) is 5.28. The fourth-order valence-electron chi connectivity index (χ4n) is 3.34. The Hall–Kier alpha value is -1.62. The second-order valence-corrected chi connectivity index (χ2v) is 6.03. The summed E-state index contributed by atoms with van der Waals surface area (Å²) >= 11 is 3.51. The average Bonchev–Trinajstić information content (AvgIpc) is 2.77. The van der Waals surface area contributed by atoms with Gasteiger partial charge in [0.2, 0.25) is 0 Å². The van der Waals surface area contributed by atoms with Gasteiger partial charge in [0.15, 0.2) is 0 Å². The molecule has 1 amide bonds. The molecule has 0 aromatic carbocycles. The van der Waals surface area contributed by atoms with Gasteiger partial charge in [0.25, 0.3) is 0 Å². The number of carbonyl (C=O) groups is 1. The molecule has 1 saturated heterocycles. The van der Waals surface area contributed by atoms with Crippen LogP contribution in [0.1, 0.15) is 31.2 Å². The largest absolute Gasteiger partial charge is 0.419 e. The van der Waals surface area contributed by atoms with E-state index in [2.05, 4.69) is 33.6 Å². The third-order valence-electron chi connectivity index (χ3n) is 4.19. The van der Waals surface area contributed by atoms with Gasteiger partial charge in [-0.25, -0.2) is 9.78 Å². The molecule has 110 valence electrons. The molecule has 1 aromatic heterocycles. The number of hydrogen-bond acceptors (Lipinski definition) is 3. The van der Waals surface area contributed by atoms with E-state index in [1.807, 2.05) is 17.0 Å². The number of rotatable bonds is 2. The molecular formula is C16H17BrN2O2. The number of ether oxygens (including phenoxy) is 1. The number of nitrogens with zero attached hydrogens (tertiary/aromatic N) is 2. The first-order chi connectivity index (χ1) is 10.2. The summed E-state index contributed by atoms with van der Waals surface area (Å²) in [5, 5.41) is 0. The Morgan fingerprint density at radius 1 is 1.48 bits per heavy atom. The highest BCUT2D eigenvalue weighted by atomic mass is 79.9. The fraction of sp³-hybridized carbons (Fsp3) is 0.375. The quantitative estimate of drug-likeness (QED) is 0.595. The maximum atomic E-state index is 12.3. The number of carbonyl (C=O) groups excluding carboxylic acids is 1. The van der Waals surface area contributed by atoms with Crippen molar-refractivity contribution >= 4 is 27.6 Å². The highest BCUT2D eigenvalue weighted by Crippen LogP contribution is 2.40. The summed E-state index contributed by atoms with van der Waals surface area (Å²) in [5.74, 6) is 0. The molecule has 0 unspecified atom stereocenters. The number of hydrogen-bond donors (Lipinski definition) is 0. The van der Waals surface area contributed by atoms with Crippen LogP contribution in [0.25, 0.3) is 5.57 Å². The minimum absolute atomic E-state index is 0.0606. The molecule has 5 heteroatoms. The Kier molecular flexibility index (Phi) is 4.10. The van der Waals surface area contributed by atoms with E-state index in [9.17, 15) is 4.79 Å². The molecule has 1 fully saturated rings. The molecule has 0 spiro atoms. The van der Waals surface area contributed by atoms with Crippen LogP contribution in [0.2, 0.25) is 0 Å². The van der Waals surface area contributed by atoms with E-state index in [0.29, 0.717) is 0 Å². The minimum Gasteiger partial charge on any atom is -0.419 e. The minimum atomic E-state index is -0.301. The summed E-state index contributed by atoms with van der Waals surface area (Å²) in [7, 11) is 0. The maximum absolute atomic E-state index is 12.3. The third kappa shape index (κ3) is 2.62. The Morgan fingerprint density at radius 2 is 2.33 bits per heavy atom. The highest BCUT2D eigenvalue weighted by Gasteiger charge is 2.41. The Labute approximate surface area is 132 Å². The van der Waals surface area contributed by atoms with Crippen LogP contribution in [0.4, 0.5) is 4.79 Å². The van der Waals surface area contributed by atoms with Crippen LogP contribution in [0.15, 0.2) is 41.8 Å². The lowest BCUT2D eigenvalue weighted by Gasteiger charge is -2.28. The van der Waals surface area contributed by atoms with Crippen LogP contribution >= 0.6 is 15.9 Å². The van der Waals surface area contributed by atoms with E-state index in [-0.39, 0.29) is 18.2 Å². The van der Waals surface area contributed by atoms with Crippen LogP contribution in [0, 0.1) is 0 Å². The van der Waals surface area contributed by atoms with Crippen LogP contribution in [0.3, 0.4) is 0 Å². The first-order valence-corrected chi connectivity index (χ1v) is 7.92. The molecule has 21 heavy (non-hydrogen) atoms. The van der Waals surface area contributed by atoms with Gasteiger partial charge in [0.1, 0.15) is 4.60 Å². The van der Waals surface area contributed by atoms with Gasteiger partial charge in [-0.05, 0) is 53.3 Å². The van der Waals surface area contributed by atoms with Crippen molar-refractivity contribution in [3.05, 3.63) is 47.4 Å². The van der Waals surface area contributed by atoms with Crippen molar-refractivity contribution in [3.63, 3.8) is 0 Å². The second kappa shape index (κ2) is 6.02. The Bertz CT molecular complexity index is 600. The Morgan fingerprint density at radius 3 is 3.10 bits per heavy atom. The summed E-state index contributed by atoms with van der Waals surface area (Å²) in [6.45, 7) is 3.48. The SMILES string of the molecule is C=COC(=O)N1[C@@H]2CCC=C(c3cccnc3Br)[C@H]1CC2. The molecular weight excluding hydrogens is 332 g/mol. The van der Waals surface area contributed by atoms with Gasteiger partial charge in [-0.1, -0.05) is 18.7 Å². The monoisotopic (exact) mass is 348 g/mol. The molecule has 0 radical (unpaired) electrons. The molecule has 2 aliphatic rings. The number of aromatic nitrogens is 1. The van der Waals surface area contributed by atoms with Gasteiger partial charge in [-0.3, -0.25) is 4.90 Å². The summed E-state index contributed by atoms with van der Waals surface area (Å²) < 4.78 is 5.85. The summed E-state index contributed by atoms with van der Waals surface area (Å²) in [4.78, 5) is 18.4. The zero-order valence-electron chi connectivity index (χ0n) is 11.7. The lowest BCUT2D eigenvalue weighted by molar-refractivity contribution is 0.123. The lowest BCUT2D eigenvalue weighted by atomic mass is 9.95. The van der Waals surface area contributed by atoms with Crippen LogP contribution in [-0.4, -0.2) is 28.1 Å². The van der Waals surface area contributed by atoms with Gasteiger partial charge in [0, 0.05) is 17.8 Å². The predicted molar refractivity (Wildman–Crippen MR) is 84.5 cm³/mol. The first-order valence-electron chi connectivity index (χ1n) is 7.13. The van der Waals surface area contributed by atoms with Gasteiger partial charge in [-0.15, -0.1) is 0 Å². The molecule has 0 aliphatic carbocycles. The molecule has 0 saturated carbocycles. The summed E-state index contributed by atoms with van der Waals surface area (Å²) in [5.41, 5.74) is 2.22. The molecule has 2 atom stereocenters. The average molecular weight is 349 g/mol. The van der Waals surface area contributed by atoms with Crippen molar-refractivity contribution < 1.29 is 9.53 Å². The van der Waals surface area contributed by atoms with Crippen LogP contribution in [-0.2, 0) is 4.74 Å². The van der Waals surface area contributed by atoms with Crippen molar-refractivity contribution in [1.82, 2.24) is 9.88 Å². The van der Waals surface area contributed by atoms with E-state index >= 15 is 0 Å². The first kappa shape index (κ1) is 14.3. The zero-order chi connectivity index (χ0) is 14.8. The van der Waals surface area contributed by atoms with Gasteiger partial charge >= 0.3 is 6.09 Å². The van der Waals surface area contributed by atoms with Crippen molar-refractivity contribution in [3.8, 4) is 0 Å². The number of pyridine rings is 1. The summed E-state index contributed by atoms with van der Waals surface area (Å²) in [6.07, 6.45) is 8.82. The van der Waals surface area contributed by atoms with Crippen molar-refractivity contribution in [1.29, 1.82) is 0 Å². The maximum Gasteiger partial charge on any atom is 0.415 e. The van der Waals surface area contributed by atoms with Crippen molar-refractivity contribution in [2.45, 2.75) is 37.8 Å². The van der Waals surface area contributed by atoms with Crippen molar-refractivity contribution in [2.75, 3.05) is 0 Å². The predicted octanol–water partition coefficient (Wildman–Crippen LogP) is 4.13. The van der Waals surface area contributed by atoms with Crippen molar-refractivity contribution in [2.24, 2.45) is 0 Å². The van der Waals surface area contributed by atoms with E-state index in [1.54, 1.807) is 6.20 Å². The van der Waals surface area contributed by atoms with Crippen LogP contribution in [0.5, 0.6) is 0 Å². The third-order valence-corrected chi connectivity index (χ3v) is 4.82. The van der Waals surface area contributed by atoms with E-state index in [4.69, 9.17) is 4.74 Å². The van der Waals surface area contributed by atoms with E-state index in [0.717, 1.165) is 41.4 Å². The standard InChI is InChI=1S/C16H17BrN2O2/c1-2-21-16(20)19-11-5-3-6-12(14(19)9-8-11)13-7-4-10-18-15(13)17/h2,4,6-7,10-11,14H,1,3,5,8-9H2/t11-,14-/m1/s1. The lowest BCUT2D eigenvalue weighted by Crippen LogP contribution is -2.40. The molecule has 3 heterocycles. The van der Waals surface area contributed by atoms with Gasteiger partial charge < -0.3 is 4.74 Å².